The van der Waals surface area contributed by atoms with E-state index in [0.717, 1.165) is 57.4 Å². The van der Waals surface area contributed by atoms with Gasteiger partial charge in [-0.05, 0) is 100 Å². The van der Waals surface area contributed by atoms with E-state index in [-0.39, 0.29) is 23.4 Å². The largest absolute Gasteiger partial charge is 0.494 e. The van der Waals surface area contributed by atoms with Gasteiger partial charge in [-0.3, -0.25) is 14.4 Å². The van der Waals surface area contributed by atoms with E-state index in [0.29, 0.717) is 84.6 Å². The molecule has 1 fully saturated rings. The maximum atomic E-state index is 13.4. The number of nitrogens with zero attached hydrogens (tertiary/aromatic N) is 5. The van der Waals surface area contributed by atoms with Gasteiger partial charge in [0.2, 0.25) is 5.13 Å². The minimum Gasteiger partial charge on any atom is -0.494 e. The molecule has 2 heterocycles. The van der Waals surface area contributed by atoms with Gasteiger partial charge in [-0.25, -0.2) is 19.8 Å². The Kier molecular flexibility index (Phi) is 16.9. The summed E-state index contributed by atoms with van der Waals surface area (Å²) >= 11 is 1.38. The minimum atomic E-state index is -0.412. The van der Waals surface area contributed by atoms with Crippen LogP contribution in [-0.4, -0.2) is 65.3 Å². The number of unbranched alkanes of at least 4 members (excludes halogenated alkanes) is 6. The fraction of sp³-hybridized carbons (Fsp3) is 0.429. The van der Waals surface area contributed by atoms with E-state index in [1.54, 1.807) is 66.1 Å². The van der Waals surface area contributed by atoms with Crippen LogP contribution in [0.5, 0.6) is 23.0 Å². The van der Waals surface area contributed by atoms with Crippen molar-refractivity contribution in [2.24, 2.45) is 16.9 Å². The molecule has 2 aromatic heterocycles. The summed E-state index contributed by atoms with van der Waals surface area (Å²) in [6.45, 7) is 7.39. The molecule has 0 radical (unpaired) electrons. The summed E-state index contributed by atoms with van der Waals surface area (Å²) in [6, 6.07) is 11.6. The normalized spacial score (nSPS) is 15.2. The molecule has 14 nitrogen and oxygen atoms in total. The SMILES string of the molecule is C=CC(=O)OCCCCCCOc1ccc(OC(=O)C2CCC(C(=O)Oc3ccc(OC=O)cc3/C=N/N(CCCCCC)c3nc4nccnc4s3)CC2)cc1. The molecule has 1 aliphatic carbocycles. The molecule has 0 atom stereocenters. The van der Waals surface area contributed by atoms with Gasteiger partial charge in [-0.1, -0.05) is 44.1 Å². The van der Waals surface area contributed by atoms with E-state index >= 15 is 0 Å². The lowest BCUT2D eigenvalue weighted by Gasteiger charge is -2.26. The smallest absolute Gasteiger partial charge is 0.330 e. The number of ether oxygens (including phenoxy) is 5. The molecule has 4 aromatic rings. The molecule has 1 aliphatic rings. The van der Waals surface area contributed by atoms with Crippen molar-refractivity contribution in [3.05, 3.63) is 73.1 Å². The van der Waals surface area contributed by atoms with Crippen LogP contribution >= 0.6 is 11.3 Å². The maximum absolute atomic E-state index is 13.4. The zero-order valence-corrected chi connectivity index (χ0v) is 33.0. The quantitative estimate of drug-likeness (QED) is 0.0135. The lowest BCUT2D eigenvalue weighted by Crippen LogP contribution is -2.30. The average molecular weight is 800 g/mol. The summed E-state index contributed by atoms with van der Waals surface area (Å²) in [5.41, 5.74) is 0.973. The molecule has 1 saturated carbocycles. The van der Waals surface area contributed by atoms with Gasteiger partial charge >= 0.3 is 17.9 Å². The Balaban J connectivity index is 1.11. The monoisotopic (exact) mass is 799 g/mol. The van der Waals surface area contributed by atoms with Crippen LogP contribution in [0.2, 0.25) is 0 Å². The molecule has 0 bridgehead atoms. The molecule has 15 heteroatoms. The number of benzene rings is 2. The van der Waals surface area contributed by atoms with Gasteiger partial charge in [-0.15, -0.1) is 0 Å². The first-order chi connectivity index (χ1) is 27.9. The number of fused-ring (bicyclic) bond motifs is 1. The Morgan fingerprint density at radius 3 is 2.21 bits per heavy atom. The Morgan fingerprint density at radius 1 is 0.842 bits per heavy atom. The van der Waals surface area contributed by atoms with Gasteiger partial charge in [0.15, 0.2) is 10.5 Å². The number of thiazole rings is 1. The minimum absolute atomic E-state index is 0.262. The van der Waals surface area contributed by atoms with Crippen molar-refractivity contribution in [3.63, 3.8) is 0 Å². The molecular weight excluding hydrogens is 751 g/mol. The number of carbonyl (C=O) groups is 4. The van der Waals surface area contributed by atoms with Gasteiger partial charge in [0.25, 0.3) is 6.47 Å². The van der Waals surface area contributed by atoms with Crippen molar-refractivity contribution in [3.8, 4) is 23.0 Å². The second-order valence-corrected chi connectivity index (χ2v) is 14.5. The molecule has 0 aliphatic heterocycles. The number of esters is 3. The van der Waals surface area contributed by atoms with Gasteiger partial charge < -0.3 is 23.7 Å². The number of aromatic nitrogens is 3. The molecule has 0 unspecified atom stereocenters. The predicted molar refractivity (Wildman–Crippen MR) is 216 cm³/mol. The van der Waals surface area contributed by atoms with E-state index in [2.05, 4.69) is 28.5 Å². The van der Waals surface area contributed by atoms with Crippen molar-refractivity contribution in [2.75, 3.05) is 24.8 Å². The van der Waals surface area contributed by atoms with E-state index in [1.807, 2.05) is 0 Å². The van der Waals surface area contributed by atoms with Crippen LogP contribution in [0.4, 0.5) is 5.13 Å². The van der Waals surface area contributed by atoms with E-state index in [9.17, 15) is 19.2 Å². The van der Waals surface area contributed by atoms with Crippen LogP contribution in [0.15, 0.2) is 72.6 Å². The summed E-state index contributed by atoms with van der Waals surface area (Å²) in [5.74, 6) is -0.271. The topological polar surface area (TPSA) is 169 Å². The van der Waals surface area contributed by atoms with Crippen LogP contribution in [0.25, 0.3) is 10.5 Å². The Hall–Kier alpha value is -5.70. The van der Waals surface area contributed by atoms with Crippen LogP contribution in [-0.2, 0) is 23.9 Å². The predicted octanol–water partition coefficient (Wildman–Crippen LogP) is 8.03. The molecule has 57 heavy (non-hydrogen) atoms. The maximum Gasteiger partial charge on any atom is 0.330 e. The fourth-order valence-corrected chi connectivity index (χ4v) is 7.04. The number of hydrogen-bond donors (Lipinski definition) is 0. The average Bonchev–Trinajstić information content (AvgIpc) is 3.67. The highest BCUT2D eigenvalue weighted by Crippen LogP contribution is 2.33. The summed E-state index contributed by atoms with van der Waals surface area (Å²) in [6.07, 6.45) is 15.5. The second kappa shape index (κ2) is 22.8. The summed E-state index contributed by atoms with van der Waals surface area (Å²) in [7, 11) is 0. The lowest BCUT2D eigenvalue weighted by molar-refractivity contribution is -0.145. The van der Waals surface area contributed by atoms with Crippen molar-refractivity contribution in [1.82, 2.24) is 15.0 Å². The molecule has 0 N–H and O–H groups in total. The van der Waals surface area contributed by atoms with Crippen LogP contribution in [0.1, 0.15) is 89.5 Å². The Bertz CT molecular complexity index is 1930. The highest BCUT2D eigenvalue weighted by Gasteiger charge is 2.32. The summed E-state index contributed by atoms with van der Waals surface area (Å²) in [4.78, 5) is 62.7. The molecule has 302 valence electrons. The molecule has 5 rings (SSSR count). The van der Waals surface area contributed by atoms with Gasteiger partial charge in [0, 0.05) is 30.6 Å². The number of rotatable bonds is 23. The molecule has 0 saturated heterocycles. The van der Waals surface area contributed by atoms with Crippen molar-refractivity contribution in [2.45, 2.75) is 84.0 Å². The van der Waals surface area contributed by atoms with Gasteiger partial charge in [0.05, 0.1) is 31.3 Å². The lowest BCUT2D eigenvalue weighted by atomic mass is 9.82. The summed E-state index contributed by atoms with van der Waals surface area (Å²) < 4.78 is 27.4. The van der Waals surface area contributed by atoms with Crippen molar-refractivity contribution in [1.29, 1.82) is 0 Å². The first kappa shape index (κ1) is 42.4. The third-order valence-corrected chi connectivity index (χ3v) is 10.3. The van der Waals surface area contributed by atoms with Crippen LogP contribution < -0.4 is 24.0 Å². The van der Waals surface area contributed by atoms with Crippen molar-refractivity contribution >= 4 is 57.5 Å². The Morgan fingerprint density at radius 2 is 1.51 bits per heavy atom. The van der Waals surface area contributed by atoms with Crippen molar-refractivity contribution < 1.29 is 42.9 Å². The first-order valence-electron chi connectivity index (χ1n) is 19.5. The van der Waals surface area contributed by atoms with Gasteiger partial charge in [0.1, 0.15) is 23.0 Å². The molecule has 2 aromatic carbocycles. The number of hydrogen-bond acceptors (Lipinski definition) is 15. The molecular formula is C42H49N5O9S. The molecule has 0 spiro atoms. The second-order valence-electron chi connectivity index (χ2n) is 13.5. The van der Waals surface area contributed by atoms with E-state index in [4.69, 9.17) is 28.8 Å². The van der Waals surface area contributed by atoms with Gasteiger partial charge in [-0.2, -0.15) is 10.1 Å². The highest BCUT2D eigenvalue weighted by atomic mass is 32.1. The van der Waals surface area contributed by atoms with E-state index < -0.39 is 17.9 Å². The fourth-order valence-electron chi connectivity index (χ4n) is 6.19. The number of hydrazone groups is 1. The third-order valence-electron chi connectivity index (χ3n) is 9.35. The number of anilines is 1. The summed E-state index contributed by atoms with van der Waals surface area (Å²) in [5, 5.41) is 7.15. The van der Waals surface area contributed by atoms with Crippen LogP contribution in [0.3, 0.4) is 0 Å². The molecule has 0 amide bonds. The van der Waals surface area contributed by atoms with E-state index in [1.165, 1.54) is 11.3 Å². The zero-order chi connectivity index (χ0) is 40.2. The standard InChI is InChI=1S/C42H49N5O9S/c1-3-5-6-9-24-47(42-46-38-39(57-42)44-23-22-43-38)45-28-32-27-35(54-29-48)20-21-36(32)56-41(51)31-14-12-30(13-15-31)40(50)55-34-18-16-33(17-19-34)52-25-10-7-8-11-26-53-37(49)4-2/h4,16-23,27-31H,2-3,5-15,24-26H2,1H3/b45-28+. The number of carbonyl (C=O) groups excluding carboxylic acids is 4. The highest BCUT2D eigenvalue weighted by molar-refractivity contribution is 7.21. The third kappa shape index (κ3) is 13.5. The Labute approximate surface area is 336 Å². The van der Waals surface area contributed by atoms with Crippen LogP contribution in [0, 0.1) is 11.8 Å². The first-order valence-corrected chi connectivity index (χ1v) is 20.3. The zero-order valence-electron chi connectivity index (χ0n) is 32.2.